The van der Waals surface area contributed by atoms with Crippen LogP contribution in [0, 0.1) is 5.92 Å². The average molecular weight is 329 g/mol. The second-order valence-corrected chi connectivity index (χ2v) is 7.24. The summed E-state index contributed by atoms with van der Waals surface area (Å²) in [6, 6.07) is 8.30. The minimum atomic E-state index is -3.43. The van der Waals surface area contributed by atoms with Crippen molar-refractivity contribution in [2.24, 2.45) is 5.92 Å². The van der Waals surface area contributed by atoms with Gasteiger partial charge in [-0.1, -0.05) is 32.0 Å². The Morgan fingerprint density at radius 2 is 1.64 bits per heavy atom. The van der Waals surface area contributed by atoms with Crippen LogP contribution in [0.2, 0.25) is 0 Å². The molecule has 0 heterocycles. The van der Waals surface area contributed by atoms with Crippen molar-refractivity contribution in [2.75, 3.05) is 33.0 Å². The number of nitrogens with one attached hydrogen (secondary N) is 1. The van der Waals surface area contributed by atoms with Crippen molar-refractivity contribution in [1.82, 2.24) is 4.72 Å². The van der Waals surface area contributed by atoms with Crippen LogP contribution >= 0.6 is 0 Å². The first-order chi connectivity index (χ1) is 10.5. The number of hydrogen-bond donors (Lipinski definition) is 1. The van der Waals surface area contributed by atoms with Gasteiger partial charge in [0.25, 0.3) is 0 Å². The van der Waals surface area contributed by atoms with Crippen LogP contribution < -0.4 is 4.72 Å². The van der Waals surface area contributed by atoms with E-state index in [2.05, 4.69) is 18.6 Å². The number of hydrogen-bond acceptors (Lipinski definition) is 4. The first kappa shape index (κ1) is 19.1. The Hall–Kier alpha value is -0.950. The second kappa shape index (κ2) is 10.7. The molecule has 0 bridgehead atoms. The third kappa shape index (κ3) is 8.48. The lowest BCUT2D eigenvalue weighted by Gasteiger charge is -2.08. The summed E-state index contributed by atoms with van der Waals surface area (Å²) >= 11 is 0. The molecule has 0 saturated heterocycles. The van der Waals surface area contributed by atoms with E-state index in [1.807, 2.05) is 0 Å². The molecule has 6 heteroatoms. The lowest BCUT2D eigenvalue weighted by atomic mass is 10.1. The Kier molecular flexibility index (Phi) is 9.31. The van der Waals surface area contributed by atoms with Gasteiger partial charge in [-0.3, -0.25) is 0 Å². The van der Waals surface area contributed by atoms with Crippen LogP contribution in [0.3, 0.4) is 0 Å². The first-order valence-corrected chi connectivity index (χ1v) is 9.21. The van der Waals surface area contributed by atoms with E-state index in [1.54, 1.807) is 30.3 Å². The highest BCUT2D eigenvalue weighted by Gasteiger charge is 2.11. The summed E-state index contributed by atoms with van der Waals surface area (Å²) in [4.78, 5) is 0.267. The summed E-state index contributed by atoms with van der Waals surface area (Å²) in [5, 5.41) is 0. The monoisotopic (exact) mass is 329 g/mol. The molecule has 0 aromatic heterocycles. The predicted octanol–water partition coefficient (Wildman–Crippen LogP) is 2.43. The van der Waals surface area contributed by atoms with Crippen LogP contribution in [0.4, 0.5) is 0 Å². The molecule has 0 fully saturated rings. The summed E-state index contributed by atoms with van der Waals surface area (Å²) in [7, 11) is -3.43. The van der Waals surface area contributed by atoms with Crippen molar-refractivity contribution in [1.29, 1.82) is 0 Å². The number of ether oxygens (including phenoxy) is 2. The van der Waals surface area contributed by atoms with E-state index in [-0.39, 0.29) is 11.4 Å². The Balaban J connectivity index is 2.02. The summed E-state index contributed by atoms with van der Waals surface area (Å²) in [5.74, 6) is 0.706. The van der Waals surface area contributed by atoms with Crippen LogP contribution in [0.5, 0.6) is 0 Å². The molecule has 1 rings (SSSR count). The smallest absolute Gasteiger partial charge is 0.240 e. The highest BCUT2D eigenvalue weighted by molar-refractivity contribution is 7.89. The van der Waals surface area contributed by atoms with Crippen molar-refractivity contribution in [3.63, 3.8) is 0 Å². The molecule has 1 aromatic rings. The summed E-state index contributed by atoms with van der Waals surface area (Å²) < 4.78 is 37.1. The van der Waals surface area contributed by atoms with E-state index in [4.69, 9.17) is 9.47 Å². The van der Waals surface area contributed by atoms with Gasteiger partial charge in [-0.25, -0.2) is 13.1 Å². The molecule has 126 valence electrons. The van der Waals surface area contributed by atoms with E-state index in [9.17, 15) is 8.42 Å². The molecule has 22 heavy (non-hydrogen) atoms. The molecular weight excluding hydrogens is 302 g/mol. The van der Waals surface area contributed by atoms with E-state index >= 15 is 0 Å². The predicted molar refractivity (Wildman–Crippen MR) is 87.3 cm³/mol. The quantitative estimate of drug-likeness (QED) is 0.598. The van der Waals surface area contributed by atoms with Gasteiger partial charge in [0.1, 0.15) is 0 Å². The Morgan fingerprint density at radius 1 is 1.00 bits per heavy atom. The summed E-state index contributed by atoms with van der Waals surface area (Å²) in [6.45, 7) is 6.76. The van der Waals surface area contributed by atoms with Gasteiger partial charge in [-0.2, -0.15) is 0 Å². The molecule has 0 saturated carbocycles. The molecule has 0 radical (unpaired) electrons. The van der Waals surface area contributed by atoms with E-state index in [1.165, 1.54) is 6.42 Å². The molecule has 0 aliphatic carbocycles. The van der Waals surface area contributed by atoms with Gasteiger partial charge < -0.3 is 9.47 Å². The molecular formula is C16H27NO4S. The first-order valence-electron chi connectivity index (χ1n) is 7.72. The fourth-order valence-electron chi connectivity index (χ4n) is 1.85. The normalized spacial score (nSPS) is 12.0. The molecule has 0 unspecified atom stereocenters. The zero-order valence-corrected chi connectivity index (χ0v) is 14.3. The fraction of sp³-hybridized carbons (Fsp3) is 0.625. The number of sulfonamides is 1. The van der Waals surface area contributed by atoms with E-state index in [0.29, 0.717) is 25.7 Å². The van der Waals surface area contributed by atoms with Gasteiger partial charge in [0.2, 0.25) is 10.0 Å². The van der Waals surface area contributed by atoms with Crippen molar-refractivity contribution in [3.8, 4) is 0 Å². The van der Waals surface area contributed by atoms with Crippen LogP contribution in [0.15, 0.2) is 35.2 Å². The Morgan fingerprint density at radius 3 is 2.27 bits per heavy atom. The standard InChI is InChI=1S/C16H27NO4S/c1-15(2)7-6-11-20-13-14-21-12-10-17-22(18,19)16-8-4-3-5-9-16/h3-5,8-9,15,17H,6-7,10-14H2,1-2H3. The maximum atomic E-state index is 11.9. The molecule has 5 nitrogen and oxygen atoms in total. The molecule has 0 amide bonds. The lowest BCUT2D eigenvalue weighted by molar-refractivity contribution is 0.0478. The van der Waals surface area contributed by atoms with E-state index in [0.717, 1.165) is 13.0 Å². The third-order valence-electron chi connectivity index (χ3n) is 3.03. The van der Waals surface area contributed by atoms with Gasteiger partial charge in [-0.05, 0) is 30.9 Å². The highest BCUT2D eigenvalue weighted by atomic mass is 32.2. The third-order valence-corrected chi connectivity index (χ3v) is 4.51. The van der Waals surface area contributed by atoms with Gasteiger partial charge in [0.15, 0.2) is 0 Å². The van der Waals surface area contributed by atoms with Crippen molar-refractivity contribution in [2.45, 2.75) is 31.6 Å². The second-order valence-electron chi connectivity index (χ2n) is 5.47. The Bertz CT molecular complexity index is 488. The highest BCUT2D eigenvalue weighted by Crippen LogP contribution is 2.06. The summed E-state index contributed by atoms with van der Waals surface area (Å²) in [5.41, 5.74) is 0. The molecule has 0 aliphatic heterocycles. The van der Waals surface area contributed by atoms with Gasteiger partial charge in [-0.15, -0.1) is 0 Å². The van der Waals surface area contributed by atoms with Gasteiger partial charge in [0, 0.05) is 13.2 Å². The van der Waals surface area contributed by atoms with Gasteiger partial charge in [0.05, 0.1) is 24.7 Å². The fourth-order valence-corrected chi connectivity index (χ4v) is 2.88. The summed E-state index contributed by atoms with van der Waals surface area (Å²) in [6.07, 6.45) is 2.23. The molecule has 0 atom stereocenters. The average Bonchev–Trinajstić information content (AvgIpc) is 2.49. The van der Waals surface area contributed by atoms with Crippen LogP contribution in [-0.2, 0) is 19.5 Å². The van der Waals surface area contributed by atoms with Crippen LogP contribution in [0.25, 0.3) is 0 Å². The number of rotatable bonds is 12. The number of benzene rings is 1. The Labute approximate surface area is 134 Å². The van der Waals surface area contributed by atoms with Gasteiger partial charge >= 0.3 is 0 Å². The molecule has 0 aliphatic rings. The zero-order chi connectivity index (χ0) is 16.3. The topological polar surface area (TPSA) is 64.6 Å². The molecule has 1 aromatic carbocycles. The maximum absolute atomic E-state index is 11.9. The minimum Gasteiger partial charge on any atom is -0.379 e. The SMILES string of the molecule is CC(C)CCCOCCOCCNS(=O)(=O)c1ccccc1. The van der Waals surface area contributed by atoms with E-state index < -0.39 is 10.0 Å². The molecule has 0 spiro atoms. The lowest BCUT2D eigenvalue weighted by Crippen LogP contribution is -2.27. The largest absolute Gasteiger partial charge is 0.379 e. The molecule has 1 N–H and O–H groups in total. The minimum absolute atomic E-state index is 0.255. The van der Waals surface area contributed by atoms with Crippen LogP contribution in [-0.4, -0.2) is 41.4 Å². The maximum Gasteiger partial charge on any atom is 0.240 e. The zero-order valence-electron chi connectivity index (χ0n) is 13.5. The van der Waals surface area contributed by atoms with Crippen molar-refractivity contribution >= 4 is 10.0 Å². The van der Waals surface area contributed by atoms with Crippen molar-refractivity contribution in [3.05, 3.63) is 30.3 Å². The van der Waals surface area contributed by atoms with Crippen LogP contribution in [0.1, 0.15) is 26.7 Å². The van der Waals surface area contributed by atoms with Crippen molar-refractivity contribution < 1.29 is 17.9 Å².